The summed E-state index contributed by atoms with van der Waals surface area (Å²) in [6.07, 6.45) is 0. The van der Waals surface area contributed by atoms with E-state index in [-0.39, 0.29) is 35.9 Å². The third-order valence-electron chi connectivity index (χ3n) is 4.84. The van der Waals surface area contributed by atoms with Gasteiger partial charge in [-0.2, -0.15) is 4.31 Å². The first-order valence-electron chi connectivity index (χ1n) is 9.42. The lowest BCUT2D eigenvalue weighted by atomic mass is 9.92. The molecule has 2 heterocycles. The minimum absolute atomic E-state index is 0.180. The molecule has 1 aliphatic rings. The molecule has 2 aromatic rings. The first-order valence-corrected chi connectivity index (χ1v) is 10.9. The van der Waals surface area contributed by atoms with Gasteiger partial charge >= 0.3 is 0 Å². The Hall–Kier alpha value is -2.30. The Morgan fingerprint density at radius 3 is 2.52 bits per heavy atom. The predicted molar refractivity (Wildman–Crippen MR) is 105 cm³/mol. The number of sulfonamides is 1. The van der Waals surface area contributed by atoms with Crippen LogP contribution in [-0.4, -0.2) is 56.5 Å². The molecule has 1 amide bonds. The number of nitrogens with one attached hydrogen (secondary N) is 2. The van der Waals surface area contributed by atoms with Crippen LogP contribution >= 0.6 is 0 Å². The summed E-state index contributed by atoms with van der Waals surface area (Å²) >= 11 is 0. The Morgan fingerprint density at radius 1 is 1.28 bits per heavy atom. The molecule has 1 saturated heterocycles. The van der Waals surface area contributed by atoms with E-state index in [1.807, 2.05) is 20.8 Å². The van der Waals surface area contributed by atoms with Gasteiger partial charge in [0.25, 0.3) is 5.91 Å². The highest BCUT2D eigenvalue weighted by Crippen LogP contribution is 2.23. The molecule has 0 unspecified atom stereocenters. The van der Waals surface area contributed by atoms with Crippen LogP contribution in [0.4, 0.5) is 10.3 Å². The summed E-state index contributed by atoms with van der Waals surface area (Å²) in [7, 11) is -3.88. The molecule has 0 saturated carbocycles. The highest BCUT2D eigenvalue weighted by molar-refractivity contribution is 7.89. The first kappa shape index (κ1) is 21.4. The Labute approximate surface area is 169 Å². The molecule has 1 aliphatic heterocycles. The van der Waals surface area contributed by atoms with Crippen molar-refractivity contribution in [2.24, 2.45) is 0 Å². The molecule has 8 nitrogen and oxygen atoms in total. The summed E-state index contributed by atoms with van der Waals surface area (Å²) in [4.78, 5) is 12.9. The molecule has 3 rings (SSSR count). The third-order valence-corrected chi connectivity index (χ3v) is 6.77. The molecule has 1 aromatic heterocycles. The number of anilines is 1. The summed E-state index contributed by atoms with van der Waals surface area (Å²) in [6.45, 7) is 7.50. The van der Waals surface area contributed by atoms with E-state index in [9.17, 15) is 17.6 Å². The van der Waals surface area contributed by atoms with E-state index in [1.165, 1.54) is 22.5 Å². The first-order chi connectivity index (χ1) is 13.6. The number of hydrogen-bond acceptors (Lipinski definition) is 5. The molecule has 0 atom stereocenters. The number of benzene rings is 1. The zero-order chi connectivity index (χ0) is 21.2. The number of carbonyl (C=O) groups excluding carboxylic acids is 1. The second-order valence-corrected chi connectivity index (χ2v) is 10.0. The van der Waals surface area contributed by atoms with E-state index >= 15 is 0 Å². The van der Waals surface area contributed by atoms with E-state index in [0.29, 0.717) is 19.0 Å². The predicted octanol–water partition coefficient (Wildman–Crippen LogP) is 0.639. The number of quaternary nitrogens is 1. The van der Waals surface area contributed by atoms with Gasteiger partial charge in [-0.05, 0) is 12.1 Å². The van der Waals surface area contributed by atoms with Crippen LogP contribution in [0.1, 0.15) is 26.5 Å². The van der Waals surface area contributed by atoms with Gasteiger partial charge in [0.1, 0.15) is 10.7 Å². The molecular formula is C19H26FN4O4S+. The average molecular weight is 426 g/mol. The number of hydrogen-bond donors (Lipinski definition) is 2. The highest BCUT2D eigenvalue weighted by atomic mass is 32.2. The summed E-state index contributed by atoms with van der Waals surface area (Å²) in [6, 6.07) is 7.05. The molecule has 29 heavy (non-hydrogen) atoms. The lowest BCUT2D eigenvalue weighted by Crippen LogP contribution is -3.15. The molecule has 0 aliphatic carbocycles. The fourth-order valence-corrected chi connectivity index (χ4v) is 4.62. The van der Waals surface area contributed by atoms with E-state index in [0.717, 1.165) is 16.7 Å². The summed E-state index contributed by atoms with van der Waals surface area (Å²) in [5.74, 6) is -0.703. The molecule has 1 aromatic carbocycles. The van der Waals surface area contributed by atoms with Crippen LogP contribution < -0.4 is 10.2 Å². The quantitative estimate of drug-likeness (QED) is 0.733. The molecule has 10 heteroatoms. The zero-order valence-corrected chi connectivity index (χ0v) is 17.6. The van der Waals surface area contributed by atoms with Crippen molar-refractivity contribution < 1.29 is 27.0 Å². The van der Waals surface area contributed by atoms with Crippen LogP contribution in [0.3, 0.4) is 0 Å². The second kappa shape index (κ2) is 8.21. The van der Waals surface area contributed by atoms with Crippen molar-refractivity contribution in [3.05, 3.63) is 41.8 Å². The van der Waals surface area contributed by atoms with Crippen molar-refractivity contribution in [3.63, 3.8) is 0 Å². The van der Waals surface area contributed by atoms with Crippen molar-refractivity contribution in [1.29, 1.82) is 0 Å². The smallest absolute Gasteiger partial charge is 0.281 e. The van der Waals surface area contributed by atoms with Gasteiger partial charge in [0, 0.05) is 11.5 Å². The standard InChI is InChI=1S/C19H25FN4O4S/c1-19(2,3)16-12-18(28-22-16)21-17(25)13-23-8-10-24(11-9-23)29(26,27)15-7-5-4-6-14(15)20/h4-7,12H,8-11,13H2,1-3H3,(H,21,25)/p+1. The van der Waals surface area contributed by atoms with E-state index in [2.05, 4.69) is 10.5 Å². The van der Waals surface area contributed by atoms with Crippen molar-refractivity contribution in [2.75, 3.05) is 38.0 Å². The van der Waals surface area contributed by atoms with Gasteiger partial charge in [0.05, 0.1) is 31.9 Å². The lowest BCUT2D eigenvalue weighted by molar-refractivity contribution is -0.895. The molecule has 158 valence electrons. The molecule has 2 N–H and O–H groups in total. The summed E-state index contributed by atoms with van der Waals surface area (Å²) in [5, 5.41) is 6.65. The maximum Gasteiger partial charge on any atom is 0.281 e. The lowest BCUT2D eigenvalue weighted by Gasteiger charge is -2.31. The van der Waals surface area contributed by atoms with Crippen molar-refractivity contribution in [3.8, 4) is 0 Å². The minimum atomic E-state index is -3.88. The van der Waals surface area contributed by atoms with Crippen LogP contribution in [-0.2, 0) is 20.2 Å². The zero-order valence-electron chi connectivity index (χ0n) is 16.7. The van der Waals surface area contributed by atoms with Gasteiger partial charge in [0.2, 0.25) is 15.9 Å². The molecule has 0 spiro atoms. The fraction of sp³-hybridized carbons (Fsp3) is 0.474. The number of piperazine rings is 1. The van der Waals surface area contributed by atoms with Gasteiger partial charge in [-0.1, -0.05) is 38.1 Å². The molecule has 0 radical (unpaired) electrons. The van der Waals surface area contributed by atoms with Crippen LogP contribution in [0, 0.1) is 5.82 Å². The Balaban J connectivity index is 1.54. The van der Waals surface area contributed by atoms with Crippen LogP contribution in [0.5, 0.6) is 0 Å². The van der Waals surface area contributed by atoms with E-state index < -0.39 is 15.8 Å². The van der Waals surface area contributed by atoms with E-state index in [1.54, 1.807) is 6.07 Å². The number of halogens is 1. The fourth-order valence-electron chi connectivity index (χ4n) is 3.11. The number of rotatable bonds is 5. The van der Waals surface area contributed by atoms with Gasteiger partial charge in [0.15, 0.2) is 6.54 Å². The molecular weight excluding hydrogens is 399 g/mol. The maximum absolute atomic E-state index is 13.9. The van der Waals surface area contributed by atoms with Gasteiger partial charge in [-0.3, -0.25) is 10.1 Å². The summed E-state index contributed by atoms with van der Waals surface area (Å²) in [5.41, 5.74) is 0.560. The number of amides is 1. The normalized spacial score (nSPS) is 16.7. The van der Waals surface area contributed by atoms with Gasteiger partial charge in [-0.15, -0.1) is 0 Å². The number of carbonyl (C=O) groups is 1. The van der Waals surface area contributed by atoms with Crippen molar-refractivity contribution in [2.45, 2.75) is 31.1 Å². The monoisotopic (exact) mass is 425 g/mol. The van der Waals surface area contributed by atoms with Crippen molar-refractivity contribution >= 4 is 21.8 Å². The number of nitrogens with zero attached hydrogens (tertiary/aromatic N) is 2. The second-order valence-electron chi connectivity index (χ2n) is 8.14. The number of aromatic nitrogens is 1. The maximum atomic E-state index is 13.9. The van der Waals surface area contributed by atoms with Gasteiger partial charge < -0.3 is 9.42 Å². The largest absolute Gasteiger partial charge is 0.338 e. The van der Waals surface area contributed by atoms with Crippen LogP contribution in [0.25, 0.3) is 0 Å². The van der Waals surface area contributed by atoms with Crippen LogP contribution in [0.15, 0.2) is 39.8 Å². The third kappa shape index (κ3) is 5.01. The van der Waals surface area contributed by atoms with Crippen molar-refractivity contribution in [1.82, 2.24) is 9.46 Å². The van der Waals surface area contributed by atoms with Gasteiger partial charge in [-0.25, -0.2) is 12.8 Å². The molecule has 0 bridgehead atoms. The summed E-state index contributed by atoms with van der Waals surface area (Å²) < 4.78 is 45.6. The average Bonchev–Trinajstić information content (AvgIpc) is 3.11. The minimum Gasteiger partial charge on any atom is -0.338 e. The highest BCUT2D eigenvalue weighted by Gasteiger charge is 2.32. The Bertz CT molecular complexity index is 976. The topological polar surface area (TPSA) is 97.0 Å². The SMILES string of the molecule is CC(C)(C)c1cc(NC(=O)C[NH+]2CCN(S(=O)(=O)c3ccccc3F)CC2)on1. The Morgan fingerprint density at radius 2 is 1.93 bits per heavy atom. The van der Waals surface area contributed by atoms with Crippen LogP contribution in [0.2, 0.25) is 0 Å². The van der Waals surface area contributed by atoms with E-state index in [4.69, 9.17) is 4.52 Å². The Kier molecular flexibility index (Phi) is 6.06. The molecule has 1 fully saturated rings.